The number of aromatic nitrogens is 3. The van der Waals surface area contributed by atoms with Crippen LogP contribution in [-0.4, -0.2) is 46.1 Å². The van der Waals surface area contributed by atoms with Gasteiger partial charge in [-0.15, -0.1) is 0 Å². The number of nitrogens with zero attached hydrogens (tertiary/aromatic N) is 3. The number of pyridine rings is 1. The lowest BCUT2D eigenvalue weighted by Crippen LogP contribution is -2.31. The van der Waals surface area contributed by atoms with Gasteiger partial charge in [0.15, 0.2) is 11.1 Å². The van der Waals surface area contributed by atoms with Crippen LogP contribution in [0.4, 0.5) is 5.69 Å². The van der Waals surface area contributed by atoms with Crippen LogP contribution in [0.5, 0.6) is 0 Å². The molecule has 3 N–H and O–H groups in total. The Balaban J connectivity index is 1.80. The lowest BCUT2D eigenvalue weighted by atomic mass is 9.99. The first-order valence-corrected chi connectivity index (χ1v) is 14.6. The molecule has 4 rings (SSSR count). The molecule has 0 saturated carbocycles. The second kappa shape index (κ2) is 10.7. The molecule has 0 aliphatic rings. The van der Waals surface area contributed by atoms with Crippen molar-refractivity contribution < 1.29 is 22.7 Å². The van der Waals surface area contributed by atoms with Gasteiger partial charge >= 0.3 is 0 Å². The fourth-order valence-electron chi connectivity index (χ4n) is 4.38. The Kier molecular flexibility index (Phi) is 7.81. The van der Waals surface area contributed by atoms with E-state index in [9.17, 15) is 23.1 Å². The molecule has 11 nitrogen and oxygen atoms in total. The fourth-order valence-corrected chi connectivity index (χ4v) is 4.96. The standard InChI is InChI=1S/C27H30ClN5O6S/c1-14-9-18(16(3)30-20-7-8-21(28)31-22(20)26(35)32-40(6,37)38)25-19(10-14)23(34)15(2)24(39-25)17-11-29-33(12-17)13-27(4,5)36/h7-12,16,30,36H,13H2,1-6H3,(H,32,35)/t16-/m1/s1. The van der Waals surface area contributed by atoms with Crippen molar-refractivity contribution in [3.63, 3.8) is 0 Å². The highest BCUT2D eigenvalue weighted by Crippen LogP contribution is 2.33. The van der Waals surface area contributed by atoms with E-state index < -0.39 is 27.6 Å². The maximum Gasteiger partial charge on any atom is 0.285 e. The maximum atomic E-state index is 13.5. The van der Waals surface area contributed by atoms with Crippen LogP contribution in [0.1, 0.15) is 54.0 Å². The van der Waals surface area contributed by atoms with Crippen LogP contribution in [0.2, 0.25) is 5.15 Å². The number of halogens is 1. The molecule has 0 bridgehead atoms. The molecule has 13 heteroatoms. The van der Waals surface area contributed by atoms with Crippen molar-refractivity contribution in [2.24, 2.45) is 0 Å². The van der Waals surface area contributed by atoms with E-state index in [2.05, 4.69) is 15.4 Å². The SMILES string of the molecule is Cc1cc([C@@H](C)Nc2ccc(Cl)nc2C(=O)NS(C)(=O)=O)c2oc(-c3cnn(CC(C)(C)O)c3)c(C)c(=O)c2c1. The van der Waals surface area contributed by atoms with Gasteiger partial charge in [-0.3, -0.25) is 14.3 Å². The van der Waals surface area contributed by atoms with Crippen molar-refractivity contribution in [3.8, 4) is 11.3 Å². The van der Waals surface area contributed by atoms with Crippen LogP contribution >= 0.6 is 11.6 Å². The van der Waals surface area contributed by atoms with Gasteiger partial charge in [-0.05, 0) is 58.4 Å². The Labute approximate surface area is 236 Å². The molecule has 0 aliphatic carbocycles. The van der Waals surface area contributed by atoms with Gasteiger partial charge < -0.3 is 14.8 Å². The molecule has 1 aromatic carbocycles. The molecule has 0 unspecified atom stereocenters. The number of hydrogen-bond donors (Lipinski definition) is 3. The van der Waals surface area contributed by atoms with Crippen molar-refractivity contribution >= 4 is 44.2 Å². The summed E-state index contributed by atoms with van der Waals surface area (Å²) in [7, 11) is -3.85. The van der Waals surface area contributed by atoms with Gasteiger partial charge in [0.25, 0.3) is 5.91 Å². The summed E-state index contributed by atoms with van der Waals surface area (Å²) in [4.78, 5) is 30.1. The summed E-state index contributed by atoms with van der Waals surface area (Å²) >= 11 is 5.99. The summed E-state index contributed by atoms with van der Waals surface area (Å²) in [5.74, 6) is -0.598. The van der Waals surface area contributed by atoms with Crippen molar-refractivity contribution in [2.45, 2.75) is 52.8 Å². The molecule has 1 amide bonds. The first-order chi connectivity index (χ1) is 18.5. The predicted molar refractivity (Wildman–Crippen MR) is 153 cm³/mol. The Bertz CT molecular complexity index is 1790. The molecule has 0 radical (unpaired) electrons. The first kappa shape index (κ1) is 29.2. The van der Waals surface area contributed by atoms with Crippen LogP contribution in [0.25, 0.3) is 22.3 Å². The van der Waals surface area contributed by atoms with E-state index in [1.165, 1.54) is 12.1 Å². The molecule has 0 spiro atoms. The van der Waals surface area contributed by atoms with Gasteiger partial charge in [-0.25, -0.2) is 18.1 Å². The average Bonchev–Trinajstić information content (AvgIpc) is 3.27. The van der Waals surface area contributed by atoms with E-state index in [-0.39, 0.29) is 28.5 Å². The number of carbonyl (C=O) groups excluding carboxylic acids is 1. The Morgan fingerprint density at radius 1 is 1.25 bits per heavy atom. The summed E-state index contributed by atoms with van der Waals surface area (Å²) in [5.41, 5.74) is 1.61. The van der Waals surface area contributed by atoms with Crippen LogP contribution in [0, 0.1) is 13.8 Å². The summed E-state index contributed by atoms with van der Waals surface area (Å²) in [6, 6.07) is 6.07. The van der Waals surface area contributed by atoms with E-state index in [0.29, 0.717) is 33.4 Å². The molecule has 0 aliphatic heterocycles. The van der Waals surface area contributed by atoms with E-state index in [4.69, 9.17) is 16.0 Å². The number of anilines is 1. The molecule has 1 atom stereocenters. The number of nitrogens with one attached hydrogen (secondary N) is 2. The van der Waals surface area contributed by atoms with Crippen LogP contribution in [-0.2, 0) is 16.6 Å². The summed E-state index contributed by atoms with van der Waals surface area (Å²) < 4.78 is 33.1. The number of fused-ring (bicyclic) bond motifs is 1. The zero-order valence-corrected chi connectivity index (χ0v) is 24.4. The van der Waals surface area contributed by atoms with E-state index >= 15 is 0 Å². The second-order valence-electron chi connectivity index (χ2n) is 10.5. The van der Waals surface area contributed by atoms with Crippen molar-refractivity contribution in [3.05, 3.63) is 74.4 Å². The van der Waals surface area contributed by atoms with Crippen molar-refractivity contribution in [1.29, 1.82) is 0 Å². The van der Waals surface area contributed by atoms with Gasteiger partial charge in [0.1, 0.15) is 16.5 Å². The zero-order valence-electron chi connectivity index (χ0n) is 22.9. The molecule has 0 saturated heterocycles. The highest BCUT2D eigenvalue weighted by Gasteiger charge is 2.23. The summed E-state index contributed by atoms with van der Waals surface area (Å²) in [5, 5.41) is 18.0. The van der Waals surface area contributed by atoms with Crippen LogP contribution in [0.3, 0.4) is 0 Å². The number of benzene rings is 1. The molecule has 3 heterocycles. The molecule has 0 fully saturated rings. The predicted octanol–water partition coefficient (Wildman–Crippen LogP) is 3.96. The minimum atomic E-state index is -3.85. The Hall–Kier alpha value is -3.74. The number of sulfonamides is 1. The van der Waals surface area contributed by atoms with Crippen LogP contribution in [0.15, 0.2) is 45.9 Å². The third-order valence-electron chi connectivity index (χ3n) is 6.03. The van der Waals surface area contributed by atoms with E-state index in [0.717, 1.165) is 11.8 Å². The smallest absolute Gasteiger partial charge is 0.285 e. The number of aliphatic hydroxyl groups is 1. The summed E-state index contributed by atoms with van der Waals surface area (Å²) in [6.07, 6.45) is 4.14. The van der Waals surface area contributed by atoms with E-state index in [1.54, 1.807) is 43.9 Å². The fraction of sp³-hybridized carbons (Fsp3) is 0.333. The lowest BCUT2D eigenvalue weighted by Gasteiger charge is -2.20. The lowest BCUT2D eigenvalue weighted by molar-refractivity contribution is 0.0577. The zero-order chi connectivity index (χ0) is 29.6. The highest BCUT2D eigenvalue weighted by molar-refractivity contribution is 7.89. The molecule has 212 valence electrons. The molecular weight excluding hydrogens is 558 g/mol. The normalized spacial score (nSPS) is 12.9. The number of hydrogen-bond acceptors (Lipinski definition) is 9. The van der Waals surface area contributed by atoms with Crippen molar-refractivity contribution in [1.82, 2.24) is 19.5 Å². The van der Waals surface area contributed by atoms with Gasteiger partial charge in [0.05, 0.1) is 47.3 Å². The quantitative estimate of drug-likeness (QED) is 0.260. The Morgan fingerprint density at radius 2 is 1.95 bits per heavy atom. The van der Waals surface area contributed by atoms with Gasteiger partial charge in [0, 0.05) is 17.3 Å². The van der Waals surface area contributed by atoms with Crippen molar-refractivity contribution in [2.75, 3.05) is 11.6 Å². The molecule has 4 aromatic rings. The number of carbonyl (C=O) groups is 1. The minimum absolute atomic E-state index is 0.00843. The van der Waals surface area contributed by atoms with Crippen LogP contribution < -0.4 is 15.5 Å². The number of aryl methyl sites for hydroxylation is 1. The van der Waals surface area contributed by atoms with Gasteiger partial charge in [0.2, 0.25) is 10.0 Å². The van der Waals surface area contributed by atoms with Gasteiger partial charge in [-0.1, -0.05) is 17.7 Å². The second-order valence-corrected chi connectivity index (χ2v) is 12.6. The third kappa shape index (κ3) is 6.52. The monoisotopic (exact) mass is 587 g/mol. The maximum absolute atomic E-state index is 13.5. The van der Waals surface area contributed by atoms with E-state index in [1.807, 2.05) is 24.6 Å². The minimum Gasteiger partial charge on any atom is -0.455 e. The average molecular weight is 588 g/mol. The molecule has 40 heavy (non-hydrogen) atoms. The number of amides is 1. The molecular formula is C27H30ClN5O6S. The largest absolute Gasteiger partial charge is 0.455 e. The first-order valence-electron chi connectivity index (χ1n) is 12.3. The molecule has 3 aromatic heterocycles. The highest BCUT2D eigenvalue weighted by atomic mass is 35.5. The number of rotatable bonds is 8. The third-order valence-corrected chi connectivity index (χ3v) is 6.80. The Morgan fingerprint density at radius 3 is 2.60 bits per heavy atom. The topological polar surface area (TPSA) is 156 Å². The summed E-state index contributed by atoms with van der Waals surface area (Å²) in [6.45, 7) is 8.94. The van der Waals surface area contributed by atoms with Gasteiger partial charge in [-0.2, -0.15) is 5.10 Å².